The van der Waals surface area contributed by atoms with E-state index in [0.29, 0.717) is 0 Å². The van der Waals surface area contributed by atoms with Crippen molar-refractivity contribution >= 4 is 28.4 Å². The predicted octanol–water partition coefficient (Wildman–Crippen LogP) is 3.48. The summed E-state index contributed by atoms with van der Waals surface area (Å²) in [5.41, 5.74) is 6.46. The number of benzene rings is 2. The zero-order valence-corrected chi connectivity index (χ0v) is 11.9. The Morgan fingerprint density at radius 3 is 2.48 bits per heavy atom. The molecule has 3 rings (SSSR count). The van der Waals surface area contributed by atoms with Crippen molar-refractivity contribution in [1.82, 2.24) is 4.98 Å². The van der Waals surface area contributed by atoms with Gasteiger partial charge < -0.3 is 10.9 Å². The average molecular weight is 295 g/mol. The fraction of sp³-hybridized carbons (Fsp3) is 0. The largest absolute Gasteiger partial charge is 0.409 e. The van der Waals surface area contributed by atoms with E-state index in [9.17, 15) is 0 Å². The molecule has 0 spiro atoms. The quantitative estimate of drug-likeness (QED) is 0.336. The van der Waals surface area contributed by atoms with Crippen molar-refractivity contribution in [3.63, 3.8) is 0 Å². The van der Waals surface area contributed by atoms with Crippen LogP contribution in [0.2, 0.25) is 0 Å². The van der Waals surface area contributed by atoms with Crippen LogP contribution in [0.3, 0.4) is 0 Å². The van der Waals surface area contributed by atoms with Gasteiger partial charge in [-0.25, -0.2) is 4.98 Å². The highest BCUT2D eigenvalue weighted by molar-refractivity contribution is 7.99. The number of nitrogens with two attached hydrogens (primary N) is 1. The predicted molar refractivity (Wildman–Crippen MR) is 84.8 cm³/mol. The van der Waals surface area contributed by atoms with Gasteiger partial charge in [-0.05, 0) is 35.0 Å². The van der Waals surface area contributed by atoms with Crippen molar-refractivity contribution in [2.45, 2.75) is 9.92 Å². The lowest BCUT2D eigenvalue weighted by Crippen LogP contribution is -2.13. The normalized spacial score (nSPS) is 11.7. The summed E-state index contributed by atoms with van der Waals surface area (Å²) in [6, 6.07) is 17.5. The molecule has 1 heterocycles. The molecule has 0 atom stereocenters. The van der Waals surface area contributed by atoms with Crippen LogP contribution in [0.15, 0.2) is 75.9 Å². The van der Waals surface area contributed by atoms with Gasteiger partial charge in [-0.2, -0.15) is 0 Å². The lowest BCUT2D eigenvalue weighted by Gasteiger charge is -2.09. The third-order valence-electron chi connectivity index (χ3n) is 3.12. The molecular formula is C16H13N3OS. The summed E-state index contributed by atoms with van der Waals surface area (Å²) >= 11 is 1.59. The van der Waals surface area contributed by atoms with Crippen molar-refractivity contribution in [3.8, 4) is 0 Å². The maximum absolute atomic E-state index is 8.90. The van der Waals surface area contributed by atoms with Gasteiger partial charge in [-0.15, -0.1) is 0 Å². The topological polar surface area (TPSA) is 71.5 Å². The third kappa shape index (κ3) is 2.68. The second-order valence-electron chi connectivity index (χ2n) is 4.41. The molecule has 0 aliphatic rings. The van der Waals surface area contributed by atoms with Gasteiger partial charge in [0, 0.05) is 16.7 Å². The van der Waals surface area contributed by atoms with E-state index in [1.165, 1.54) is 0 Å². The molecule has 0 radical (unpaired) electrons. The molecule has 0 amide bonds. The van der Waals surface area contributed by atoms with Crippen LogP contribution in [0.5, 0.6) is 0 Å². The van der Waals surface area contributed by atoms with Crippen LogP contribution in [0.25, 0.3) is 10.8 Å². The zero-order chi connectivity index (χ0) is 14.7. The lowest BCUT2D eigenvalue weighted by atomic mass is 10.0. The van der Waals surface area contributed by atoms with E-state index in [0.717, 1.165) is 26.3 Å². The molecule has 2 aromatic carbocycles. The molecule has 5 heteroatoms. The first-order valence-corrected chi connectivity index (χ1v) is 7.20. The first-order chi connectivity index (χ1) is 10.3. The van der Waals surface area contributed by atoms with Crippen molar-refractivity contribution in [1.29, 1.82) is 0 Å². The number of hydrogen-bond donors (Lipinski definition) is 2. The molecule has 21 heavy (non-hydrogen) atoms. The van der Waals surface area contributed by atoms with E-state index in [2.05, 4.69) is 10.1 Å². The second kappa shape index (κ2) is 5.85. The van der Waals surface area contributed by atoms with Gasteiger partial charge >= 0.3 is 0 Å². The molecule has 0 bridgehead atoms. The van der Waals surface area contributed by atoms with Crippen LogP contribution in [0.1, 0.15) is 5.56 Å². The number of amidine groups is 1. The number of nitrogens with zero attached hydrogens (tertiary/aromatic N) is 2. The van der Waals surface area contributed by atoms with Crippen molar-refractivity contribution in [2.75, 3.05) is 0 Å². The molecule has 0 aliphatic heterocycles. The van der Waals surface area contributed by atoms with E-state index in [1.807, 2.05) is 54.6 Å². The van der Waals surface area contributed by atoms with Crippen LogP contribution >= 0.6 is 11.8 Å². The summed E-state index contributed by atoms with van der Waals surface area (Å²) in [7, 11) is 0. The highest BCUT2D eigenvalue weighted by Crippen LogP contribution is 2.33. The molecule has 0 saturated heterocycles. The lowest BCUT2D eigenvalue weighted by molar-refractivity contribution is 0.318. The minimum Gasteiger partial charge on any atom is -0.409 e. The standard InChI is InChI=1S/C16H13N3OS/c17-16(19-20)13-8-9-14(12-6-2-1-5-11(12)13)21-15-7-3-4-10-18-15/h1-10,20H,(H2,17,19). The van der Waals surface area contributed by atoms with Gasteiger partial charge in [0.1, 0.15) is 5.03 Å². The number of aromatic nitrogens is 1. The summed E-state index contributed by atoms with van der Waals surface area (Å²) in [5.74, 6) is 0.112. The summed E-state index contributed by atoms with van der Waals surface area (Å²) in [4.78, 5) is 5.41. The Labute approximate surface area is 126 Å². The fourth-order valence-corrected chi connectivity index (χ4v) is 3.07. The Balaban J connectivity index is 2.13. The number of hydrogen-bond acceptors (Lipinski definition) is 4. The summed E-state index contributed by atoms with van der Waals surface area (Å²) in [6.45, 7) is 0. The molecule has 0 unspecified atom stereocenters. The van der Waals surface area contributed by atoms with Crippen molar-refractivity contribution in [2.24, 2.45) is 10.9 Å². The minimum atomic E-state index is 0.112. The number of pyridine rings is 1. The maximum atomic E-state index is 8.90. The zero-order valence-electron chi connectivity index (χ0n) is 11.1. The smallest absolute Gasteiger partial charge is 0.170 e. The second-order valence-corrected chi connectivity index (χ2v) is 5.47. The average Bonchev–Trinajstić information content (AvgIpc) is 2.55. The molecule has 0 saturated carbocycles. The van der Waals surface area contributed by atoms with Gasteiger partial charge in [0.05, 0.1) is 0 Å². The molecule has 0 aliphatic carbocycles. The van der Waals surface area contributed by atoms with Gasteiger partial charge in [0.15, 0.2) is 5.84 Å². The van der Waals surface area contributed by atoms with Crippen LogP contribution < -0.4 is 5.73 Å². The van der Waals surface area contributed by atoms with E-state index in [-0.39, 0.29) is 5.84 Å². The molecule has 1 aromatic heterocycles. The summed E-state index contributed by atoms with van der Waals surface area (Å²) < 4.78 is 0. The van der Waals surface area contributed by atoms with Crippen LogP contribution in [0.4, 0.5) is 0 Å². The summed E-state index contributed by atoms with van der Waals surface area (Å²) in [6.07, 6.45) is 1.77. The van der Waals surface area contributed by atoms with Gasteiger partial charge in [0.2, 0.25) is 0 Å². The minimum absolute atomic E-state index is 0.112. The van der Waals surface area contributed by atoms with E-state index < -0.39 is 0 Å². The Kier molecular flexibility index (Phi) is 3.75. The Morgan fingerprint density at radius 2 is 1.76 bits per heavy atom. The van der Waals surface area contributed by atoms with Gasteiger partial charge in [-0.1, -0.05) is 47.2 Å². The Bertz CT molecular complexity index is 803. The van der Waals surface area contributed by atoms with Gasteiger partial charge in [-0.3, -0.25) is 0 Å². The van der Waals surface area contributed by atoms with E-state index in [1.54, 1.807) is 18.0 Å². The first kappa shape index (κ1) is 13.5. The van der Waals surface area contributed by atoms with Crippen molar-refractivity contribution in [3.05, 3.63) is 66.4 Å². The van der Waals surface area contributed by atoms with E-state index in [4.69, 9.17) is 10.9 Å². The number of oxime groups is 1. The number of rotatable bonds is 3. The highest BCUT2D eigenvalue weighted by atomic mass is 32.2. The third-order valence-corrected chi connectivity index (χ3v) is 4.15. The Hall–Kier alpha value is -2.53. The highest BCUT2D eigenvalue weighted by Gasteiger charge is 2.10. The van der Waals surface area contributed by atoms with Crippen LogP contribution in [-0.2, 0) is 0 Å². The monoisotopic (exact) mass is 295 g/mol. The molecular weight excluding hydrogens is 282 g/mol. The maximum Gasteiger partial charge on any atom is 0.170 e. The molecule has 0 fully saturated rings. The molecule has 4 nitrogen and oxygen atoms in total. The SMILES string of the molecule is N/C(=N/O)c1ccc(Sc2ccccn2)c2ccccc12. The summed E-state index contributed by atoms with van der Waals surface area (Å²) in [5, 5.41) is 14.9. The van der Waals surface area contributed by atoms with E-state index >= 15 is 0 Å². The van der Waals surface area contributed by atoms with Crippen molar-refractivity contribution < 1.29 is 5.21 Å². The van der Waals surface area contributed by atoms with Crippen LogP contribution in [-0.4, -0.2) is 16.0 Å². The number of fused-ring (bicyclic) bond motifs is 1. The first-order valence-electron chi connectivity index (χ1n) is 6.38. The molecule has 3 aromatic rings. The fourth-order valence-electron chi connectivity index (χ4n) is 2.16. The molecule has 104 valence electrons. The van der Waals surface area contributed by atoms with Crippen LogP contribution in [0, 0.1) is 0 Å². The Morgan fingerprint density at radius 1 is 1.00 bits per heavy atom. The van der Waals surface area contributed by atoms with Gasteiger partial charge in [0.25, 0.3) is 0 Å². The molecule has 3 N–H and O–H groups in total.